The van der Waals surface area contributed by atoms with Crippen LogP contribution in [0.1, 0.15) is 40.0 Å². The minimum absolute atomic E-state index is 0.170. The van der Waals surface area contributed by atoms with Gasteiger partial charge in [0.05, 0.1) is 13.2 Å². The van der Waals surface area contributed by atoms with E-state index in [4.69, 9.17) is 4.74 Å². The van der Waals surface area contributed by atoms with E-state index in [2.05, 4.69) is 23.6 Å². The third-order valence-corrected chi connectivity index (χ3v) is 3.03. The van der Waals surface area contributed by atoms with Crippen LogP contribution in [0, 0.1) is 5.92 Å². The summed E-state index contributed by atoms with van der Waals surface area (Å²) >= 11 is 0. The summed E-state index contributed by atoms with van der Waals surface area (Å²) in [4.78, 5) is 12.0. The zero-order chi connectivity index (χ0) is 14.9. The van der Waals surface area contributed by atoms with Crippen molar-refractivity contribution in [3.63, 3.8) is 0 Å². The van der Waals surface area contributed by atoms with E-state index in [1.807, 2.05) is 13.8 Å². The molecule has 1 aliphatic rings. The fourth-order valence-electron chi connectivity index (χ4n) is 1.74. The number of carbonyl (C=O) groups excluding carboxylic acids is 1. The molecule has 4 nitrogen and oxygen atoms in total. The van der Waals surface area contributed by atoms with E-state index in [1.165, 1.54) is 32.4 Å². The summed E-state index contributed by atoms with van der Waals surface area (Å²) in [6.45, 7) is 10.2. The Bertz CT molecular complexity index is 169. The molecule has 0 bridgehead atoms. The molecule has 1 heterocycles. The number of hydrogen-bond donors (Lipinski definition) is 0. The van der Waals surface area contributed by atoms with Crippen LogP contribution in [0.5, 0.6) is 0 Å². The maximum Gasteiger partial charge on any atom is 0.145 e. The van der Waals surface area contributed by atoms with Crippen molar-refractivity contribution in [2.24, 2.45) is 5.92 Å². The number of piperidine rings is 1. The Morgan fingerprint density at radius 3 is 2.21 bits per heavy atom. The predicted octanol–water partition coefficient (Wildman–Crippen LogP) is 2.61. The molecule has 0 aromatic heterocycles. The third-order valence-electron chi connectivity index (χ3n) is 3.03. The topological polar surface area (TPSA) is 38.8 Å². The molecule has 0 spiro atoms. The maximum absolute atomic E-state index is 9.60. The summed E-state index contributed by atoms with van der Waals surface area (Å²) in [5.74, 6) is 1.03. The van der Waals surface area contributed by atoms with Gasteiger partial charge in [-0.15, -0.1) is 0 Å². The average molecular weight is 275 g/mol. The SMILES string of the molecule is CC.CCC1CCN(C)CC1.COCCOCC=O. The Kier molecular flexibility index (Phi) is 19.3. The normalized spacial score (nSPS) is 15.8. The largest absolute Gasteiger partial charge is 0.382 e. The Morgan fingerprint density at radius 1 is 1.21 bits per heavy atom. The quantitative estimate of drug-likeness (QED) is 0.552. The average Bonchev–Trinajstić information content (AvgIpc) is 2.47. The Hall–Kier alpha value is -0.450. The van der Waals surface area contributed by atoms with Crippen molar-refractivity contribution < 1.29 is 14.3 Å². The predicted molar refractivity (Wildman–Crippen MR) is 80.6 cm³/mol. The van der Waals surface area contributed by atoms with E-state index in [0.717, 1.165) is 12.2 Å². The minimum atomic E-state index is 0.170. The molecule has 1 aliphatic heterocycles. The van der Waals surface area contributed by atoms with Crippen molar-refractivity contribution in [3.8, 4) is 0 Å². The van der Waals surface area contributed by atoms with E-state index in [1.54, 1.807) is 7.11 Å². The van der Waals surface area contributed by atoms with Crippen LogP contribution in [0.15, 0.2) is 0 Å². The molecule has 1 rings (SSSR count). The summed E-state index contributed by atoms with van der Waals surface area (Å²) in [5, 5.41) is 0. The first-order chi connectivity index (χ1) is 9.24. The lowest BCUT2D eigenvalue weighted by atomic mass is 9.95. The van der Waals surface area contributed by atoms with E-state index in [0.29, 0.717) is 13.2 Å². The fraction of sp³-hybridized carbons (Fsp3) is 0.933. The second-order valence-electron chi connectivity index (χ2n) is 4.39. The van der Waals surface area contributed by atoms with Gasteiger partial charge in [-0.2, -0.15) is 0 Å². The standard InChI is InChI=1S/C8H17N.C5H10O3.C2H6/c1-3-8-4-6-9(2)7-5-8;1-7-4-5-8-3-2-6;1-2/h8H,3-7H2,1-2H3;2H,3-5H2,1H3;1-2H3. The Labute approximate surface area is 119 Å². The summed E-state index contributed by atoms with van der Waals surface area (Å²) in [5.41, 5.74) is 0. The maximum atomic E-state index is 9.60. The molecule has 19 heavy (non-hydrogen) atoms. The lowest BCUT2D eigenvalue weighted by Gasteiger charge is -2.27. The lowest BCUT2D eigenvalue weighted by molar-refractivity contribution is -0.112. The zero-order valence-corrected chi connectivity index (χ0v) is 13.5. The molecule has 0 aromatic carbocycles. The van der Waals surface area contributed by atoms with E-state index in [9.17, 15) is 4.79 Å². The molecule has 0 aromatic rings. The molecule has 0 N–H and O–H groups in total. The second kappa shape index (κ2) is 17.6. The molecule has 0 saturated carbocycles. The van der Waals surface area contributed by atoms with Gasteiger partial charge in [0.2, 0.25) is 0 Å². The van der Waals surface area contributed by atoms with Crippen LogP contribution >= 0.6 is 0 Å². The number of likely N-dealkylation sites (tertiary alicyclic amines) is 1. The summed E-state index contributed by atoms with van der Waals surface area (Å²) in [6, 6.07) is 0. The third kappa shape index (κ3) is 15.5. The highest BCUT2D eigenvalue weighted by Gasteiger charge is 2.13. The van der Waals surface area contributed by atoms with Gasteiger partial charge in [-0.05, 0) is 38.9 Å². The van der Waals surface area contributed by atoms with Gasteiger partial charge < -0.3 is 19.2 Å². The summed E-state index contributed by atoms with van der Waals surface area (Å²) < 4.78 is 9.38. The van der Waals surface area contributed by atoms with Gasteiger partial charge in [0, 0.05) is 7.11 Å². The van der Waals surface area contributed by atoms with Crippen molar-refractivity contribution in [1.82, 2.24) is 4.90 Å². The Morgan fingerprint density at radius 2 is 1.79 bits per heavy atom. The molecule has 0 radical (unpaired) electrons. The molecule has 0 unspecified atom stereocenters. The van der Waals surface area contributed by atoms with Gasteiger partial charge in [-0.3, -0.25) is 0 Å². The zero-order valence-electron chi connectivity index (χ0n) is 13.5. The van der Waals surface area contributed by atoms with Crippen LogP contribution in [-0.2, 0) is 14.3 Å². The molecular weight excluding hydrogens is 242 g/mol. The van der Waals surface area contributed by atoms with Gasteiger partial charge in [0.15, 0.2) is 0 Å². The molecule has 1 fully saturated rings. The van der Waals surface area contributed by atoms with Gasteiger partial charge in [0.25, 0.3) is 0 Å². The number of hydrogen-bond acceptors (Lipinski definition) is 4. The van der Waals surface area contributed by atoms with Crippen LogP contribution < -0.4 is 0 Å². The highest BCUT2D eigenvalue weighted by atomic mass is 16.5. The van der Waals surface area contributed by atoms with Crippen LogP contribution in [-0.4, -0.2) is 58.3 Å². The molecule has 116 valence electrons. The van der Waals surface area contributed by atoms with E-state index in [-0.39, 0.29) is 6.61 Å². The summed E-state index contributed by atoms with van der Waals surface area (Å²) in [7, 11) is 3.80. The van der Waals surface area contributed by atoms with Crippen molar-refractivity contribution in [3.05, 3.63) is 0 Å². The first-order valence-corrected chi connectivity index (χ1v) is 7.43. The number of ether oxygens (including phenoxy) is 2. The van der Waals surface area contributed by atoms with Gasteiger partial charge in [-0.1, -0.05) is 27.2 Å². The highest BCUT2D eigenvalue weighted by molar-refractivity contribution is 5.50. The summed E-state index contributed by atoms with van der Waals surface area (Å²) in [6.07, 6.45) is 4.95. The van der Waals surface area contributed by atoms with E-state index < -0.39 is 0 Å². The van der Waals surface area contributed by atoms with Crippen LogP contribution in [0.25, 0.3) is 0 Å². The number of carbonyl (C=O) groups is 1. The monoisotopic (exact) mass is 275 g/mol. The first-order valence-electron chi connectivity index (χ1n) is 7.43. The molecule has 4 heteroatoms. The Balaban J connectivity index is 0. The fourth-order valence-corrected chi connectivity index (χ4v) is 1.74. The number of nitrogens with zero attached hydrogens (tertiary/aromatic N) is 1. The molecule has 1 saturated heterocycles. The number of aldehydes is 1. The van der Waals surface area contributed by atoms with Crippen LogP contribution in [0.4, 0.5) is 0 Å². The smallest absolute Gasteiger partial charge is 0.145 e. The van der Waals surface area contributed by atoms with E-state index >= 15 is 0 Å². The number of rotatable bonds is 6. The highest BCUT2D eigenvalue weighted by Crippen LogP contribution is 2.18. The van der Waals surface area contributed by atoms with Crippen LogP contribution in [0.2, 0.25) is 0 Å². The molecule has 0 aliphatic carbocycles. The molecule has 0 atom stereocenters. The van der Waals surface area contributed by atoms with Gasteiger partial charge in [-0.25, -0.2) is 0 Å². The van der Waals surface area contributed by atoms with Gasteiger partial charge >= 0.3 is 0 Å². The molecule has 0 amide bonds. The molecular formula is C15H33NO3. The number of methoxy groups -OCH3 is 1. The second-order valence-corrected chi connectivity index (χ2v) is 4.39. The lowest BCUT2D eigenvalue weighted by Crippen LogP contribution is -2.29. The van der Waals surface area contributed by atoms with Crippen molar-refractivity contribution in [2.45, 2.75) is 40.0 Å². The van der Waals surface area contributed by atoms with Gasteiger partial charge in [0.1, 0.15) is 12.9 Å². The first kappa shape index (κ1) is 20.9. The van der Waals surface area contributed by atoms with Crippen molar-refractivity contribution in [1.29, 1.82) is 0 Å². The van der Waals surface area contributed by atoms with Crippen LogP contribution in [0.3, 0.4) is 0 Å². The van der Waals surface area contributed by atoms with Crippen molar-refractivity contribution >= 4 is 6.29 Å². The van der Waals surface area contributed by atoms with Crippen molar-refractivity contribution in [2.75, 3.05) is 47.1 Å². The minimum Gasteiger partial charge on any atom is -0.382 e.